The van der Waals surface area contributed by atoms with Gasteiger partial charge in [-0.1, -0.05) is 26.7 Å². The molecule has 15 heavy (non-hydrogen) atoms. The van der Waals surface area contributed by atoms with Gasteiger partial charge in [0.25, 0.3) is 0 Å². The second-order valence-corrected chi connectivity index (χ2v) is 5.71. The maximum Gasteiger partial charge on any atom is 0.0613 e. The Balaban J connectivity index is 2.28. The van der Waals surface area contributed by atoms with Crippen molar-refractivity contribution in [3.05, 3.63) is 0 Å². The van der Waals surface area contributed by atoms with Crippen LogP contribution < -0.4 is 5.32 Å². The Hall–Kier alpha value is -0.0800. The van der Waals surface area contributed by atoms with E-state index in [0.29, 0.717) is 11.5 Å². The van der Waals surface area contributed by atoms with Crippen LogP contribution in [-0.2, 0) is 4.74 Å². The molecule has 0 heterocycles. The van der Waals surface area contributed by atoms with Crippen LogP contribution in [0.4, 0.5) is 0 Å². The van der Waals surface area contributed by atoms with Crippen LogP contribution in [0.3, 0.4) is 0 Å². The van der Waals surface area contributed by atoms with Gasteiger partial charge in [0.2, 0.25) is 0 Å². The van der Waals surface area contributed by atoms with Gasteiger partial charge in [-0.05, 0) is 31.1 Å². The van der Waals surface area contributed by atoms with Crippen molar-refractivity contribution in [3.8, 4) is 0 Å². The molecule has 1 aliphatic carbocycles. The van der Waals surface area contributed by atoms with Crippen molar-refractivity contribution in [2.45, 2.75) is 52.5 Å². The number of hydrogen-bond acceptors (Lipinski definition) is 2. The first-order valence-electron chi connectivity index (χ1n) is 6.28. The third-order valence-electron chi connectivity index (χ3n) is 3.78. The molecule has 0 amide bonds. The van der Waals surface area contributed by atoms with Crippen molar-refractivity contribution in [1.82, 2.24) is 5.32 Å². The smallest absolute Gasteiger partial charge is 0.0613 e. The van der Waals surface area contributed by atoms with Gasteiger partial charge in [-0.25, -0.2) is 0 Å². The molecule has 1 fully saturated rings. The minimum Gasteiger partial charge on any atom is -0.383 e. The lowest BCUT2D eigenvalue weighted by Crippen LogP contribution is -2.40. The molecule has 1 N–H and O–H groups in total. The van der Waals surface area contributed by atoms with Crippen LogP contribution in [0.2, 0.25) is 0 Å². The molecule has 0 bridgehead atoms. The van der Waals surface area contributed by atoms with Crippen LogP contribution in [0.15, 0.2) is 0 Å². The maximum atomic E-state index is 5.13. The number of methoxy groups -OCH3 is 1. The third-order valence-corrected chi connectivity index (χ3v) is 3.78. The summed E-state index contributed by atoms with van der Waals surface area (Å²) in [6.07, 6.45) is 5.71. The lowest BCUT2D eigenvalue weighted by molar-refractivity contribution is 0.150. The minimum absolute atomic E-state index is 0.443. The van der Waals surface area contributed by atoms with E-state index in [2.05, 4.69) is 26.1 Å². The van der Waals surface area contributed by atoms with Crippen LogP contribution in [0.5, 0.6) is 0 Å². The van der Waals surface area contributed by atoms with Crippen molar-refractivity contribution in [1.29, 1.82) is 0 Å². The summed E-state index contributed by atoms with van der Waals surface area (Å²) in [5.41, 5.74) is 0.443. The first-order chi connectivity index (χ1) is 7.06. The Morgan fingerprint density at radius 1 is 1.33 bits per heavy atom. The van der Waals surface area contributed by atoms with E-state index in [9.17, 15) is 0 Å². The molecule has 1 saturated carbocycles. The van der Waals surface area contributed by atoms with E-state index in [0.717, 1.165) is 19.1 Å². The van der Waals surface area contributed by atoms with Crippen LogP contribution in [0, 0.1) is 11.3 Å². The Morgan fingerprint density at radius 3 is 2.47 bits per heavy atom. The number of hydrogen-bond donors (Lipinski definition) is 1. The summed E-state index contributed by atoms with van der Waals surface area (Å²) < 4.78 is 5.13. The van der Waals surface area contributed by atoms with Gasteiger partial charge in [0.05, 0.1) is 6.61 Å². The summed E-state index contributed by atoms with van der Waals surface area (Å²) in [7, 11) is 1.76. The molecule has 2 nitrogen and oxygen atoms in total. The molecule has 0 saturated heterocycles. The molecule has 1 unspecified atom stereocenters. The van der Waals surface area contributed by atoms with Gasteiger partial charge in [0, 0.05) is 19.7 Å². The molecule has 1 rings (SSSR count). The average molecular weight is 213 g/mol. The SMILES string of the molecule is COCC(C)NCC(C)(C)C1CCCC1. The predicted molar refractivity (Wildman–Crippen MR) is 65.1 cm³/mol. The maximum absolute atomic E-state index is 5.13. The topological polar surface area (TPSA) is 21.3 Å². The standard InChI is InChI=1S/C13H27NO/c1-11(9-15-4)14-10-13(2,3)12-7-5-6-8-12/h11-12,14H,5-10H2,1-4H3. The Kier molecular flexibility index (Phi) is 5.07. The molecule has 1 aliphatic rings. The highest BCUT2D eigenvalue weighted by Crippen LogP contribution is 2.38. The van der Waals surface area contributed by atoms with E-state index in [1.54, 1.807) is 7.11 Å². The quantitative estimate of drug-likeness (QED) is 0.732. The molecule has 0 spiro atoms. The first-order valence-corrected chi connectivity index (χ1v) is 6.28. The molecule has 0 radical (unpaired) electrons. The summed E-state index contributed by atoms with van der Waals surface area (Å²) in [4.78, 5) is 0. The van der Waals surface area contributed by atoms with Crippen molar-refractivity contribution in [2.75, 3.05) is 20.3 Å². The van der Waals surface area contributed by atoms with E-state index in [1.807, 2.05) is 0 Å². The summed E-state index contributed by atoms with van der Waals surface area (Å²) in [5, 5.41) is 3.58. The van der Waals surface area contributed by atoms with E-state index in [-0.39, 0.29) is 0 Å². The van der Waals surface area contributed by atoms with Crippen molar-refractivity contribution in [2.24, 2.45) is 11.3 Å². The van der Waals surface area contributed by atoms with Gasteiger partial charge < -0.3 is 10.1 Å². The Morgan fingerprint density at radius 2 is 1.93 bits per heavy atom. The zero-order chi connectivity index (χ0) is 11.3. The van der Waals surface area contributed by atoms with E-state index < -0.39 is 0 Å². The van der Waals surface area contributed by atoms with Gasteiger partial charge in [0.1, 0.15) is 0 Å². The fraction of sp³-hybridized carbons (Fsp3) is 1.00. The first kappa shape index (κ1) is 13.0. The molecule has 0 aromatic rings. The Bertz CT molecular complexity index is 173. The van der Waals surface area contributed by atoms with Gasteiger partial charge in [-0.3, -0.25) is 0 Å². The molecular weight excluding hydrogens is 186 g/mol. The van der Waals surface area contributed by atoms with E-state index in [4.69, 9.17) is 4.74 Å². The number of nitrogens with one attached hydrogen (secondary N) is 1. The van der Waals surface area contributed by atoms with Crippen LogP contribution >= 0.6 is 0 Å². The Labute approximate surface area is 94.8 Å². The lowest BCUT2D eigenvalue weighted by Gasteiger charge is -2.33. The van der Waals surface area contributed by atoms with E-state index >= 15 is 0 Å². The zero-order valence-corrected chi connectivity index (χ0v) is 10.8. The molecule has 90 valence electrons. The molecule has 0 aliphatic heterocycles. The monoisotopic (exact) mass is 213 g/mol. The van der Waals surface area contributed by atoms with Crippen molar-refractivity contribution >= 4 is 0 Å². The highest BCUT2D eigenvalue weighted by molar-refractivity contribution is 4.84. The summed E-state index contributed by atoms with van der Waals surface area (Å²) >= 11 is 0. The zero-order valence-electron chi connectivity index (χ0n) is 10.8. The van der Waals surface area contributed by atoms with Crippen LogP contribution in [-0.4, -0.2) is 26.3 Å². The third kappa shape index (κ3) is 4.12. The molecule has 0 aromatic heterocycles. The van der Waals surface area contributed by atoms with Gasteiger partial charge in [-0.2, -0.15) is 0 Å². The number of ether oxygens (including phenoxy) is 1. The predicted octanol–water partition coefficient (Wildman–Crippen LogP) is 2.83. The van der Waals surface area contributed by atoms with Gasteiger partial charge in [0.15, 0.2) is 0 Å². The fourth-order valence-electron chi connectivity index (χ4n) is 2.60. The largest absolute Gasteiger partial charge is 0.383 e. The van der Waals surface area contributed by atoms with E-state index in [1.165, 1.54) is 25.7 Å². The molecule has 1 atom stereocenters. The normalized spacial score (nSPS) is 20.8. The summed E-state index contributed by atoms with van der Waals surface area (Å²) in [6, 6.07) is 0.468. The highest BCUT2D eigenvalue weighted by atomic mass is 16.5. The van der Waals surface area contributed by atoms with Gasteiger partial charge >= 0.3 is 0 Å². The molecule has 0 aromatic carbocycles. The summed E-state index contributed by atoms with van der Waals surface area (Å²) in [5.74, 6) is 0.916. The summed E-state index contributed by atoms with van der Waals surface area (Å²) in [6.45, 7) is 8.90. The van der Waals surface area contributed by atoms with Crippen molar-refractivity contribution < 1.29 is 4.74 Å². The lowest BCUT2D eigenvalue weighted by atomic mass is 9.77. The minimum atomic E-state index is 0.443. The fourth-order valence-corrected chi connectivity index (χ4v) is 2.60. The molecule has 2 heteroatoms. The number of rotatable bonds is 6. The van der Waals surface area contributed by atoms with Gasteiger partial charge in [-0.15, -0.1) is 0 Å². The molecular formula is C13H27NO. The van der Waals surface area contributed by atoms with Crippen LogP contribution in [0.1, 0.15) is 46.5 Å². The second-order valence-electron chi connectivity index (χ2n) is 5.71. The van der Waals surface area contributed by atoms with Crippen molar-refractivity contribution in [3.63, 3.8) is 0 Å². The second kappa shape index (κ2) is 5.86. The van der Waals surface area contributed by atoms with Crippen LogP contribution in [0.25, 0.3) is 0 Å². The highest BCUT2D eigenvalue weighted by Gasteiger charge is 2.31. The average Bonchev–Trinajstić information content (AvgIpc) is 2.69.